The average Bonchev–Trinajstić information content (AvgIpc) is 3.10. The number of hydrazine groups is 1. The minimum absolute atomic E-state index is 0.144. The van der Waals surface area contributed by atoms with Gasteiger partial charge in [-0.15, -0.1) is 22.7 Å². The van der Waals surface area contributed by atoms with E-state index in [1.807, 2.05) is 6.07 Å². The number of rotatable bonds is 5. The SMILES string of the molecule is CCc1ccsc1C(Cc1nc2ccccc2s1)NN. The number of thiazole rings is 1. The van der Waals surface area contributed by atoms with Crippen molar-refractivity contribution in [2.24, 2.45) is 5.84 Å². The molecule has 3 N–H and O–H groups in total. The summed E-state index contributed by atoms with van der Waals surface area (Å²) in [5, 5.41) is 3.27. The molecule has 0 aliphatic rings. The van der Waals surface area contributed by atoms with Crippen molar-refractivity contribution in [1.82, 2.24) is 10.4 Å². The Bertz CT molecular complexity index is 669. The highest BCUT2D eigenvalue weighted by Gasteiger charge is 2.17. The maximum absolute atomic E-state index is 5.76. The van der Waals surface area contributed by atoms with Crippen molar-refractivity contribution in [3.63, 3.8) is 0 Å². The smallest absolute Gasteiger partial charge is 0.0958 e. The molecule has 0 saturated heterocycles. The summed E-state index contributed by atoms with van der Waals surface area (Å²) in [4.78, 5) is 6.02. The lowest BCUT2D eigenvalue weighted by Gasteiger charge is -2.14. The van der Waals surface area contributed by atoms with E-state index in [1.165, 1.54) is 15.1 Å². The van der Waals surface area contributed by atoms with Gasteiger partial charge in [0.1, 0.15) is 0 Å². The molecule has 2 aromatic heterocycles. The van der Waals surface area contributed by atoms with Crippen LogP contribution in [0.2, 0.25) is 0 Å². The minimum Gasteiger partial charge on any atom is -0.271 e. The first-order chi connectivity index (χ1) is 9.81. The molecular formula is C15H17N3S2. The lowest BCUT2D eigenvalue weighted by atomic mass is 10.1. The molecule has 3 rings (SSSR count). The molecule has 3 aromatic rings. The molecule has 1 atom stereocenters. The van der Waals surface area contributed by atoms with Gasteiger partial charge in [0.25, 0.3) is 0 Å². The van der Waals surface area contributed by atoms with E-state index in [0.29, 0.717) is 0 Å². The van der Waals surface area contributed by atoms with Crippen molar-refractivity contribution in [2.45, 2.75) is 25.8 Å². The summed E-state index contributed by atoms with van der Waals surface area (Å²) in [6.07, 6.45) is 1.88. The molecule has 0 spiro atoms. The quantitative estimate of drug-likeness (QED) is 0.558. The Labute approximate surface area is 126 Å². The topological polar surface area (TPSA) is 50.9 Å². The molecule has 0 aliphatic carbocycles. The van der Waals surface area contributed by atoms with Gasteiger partial charge in [-0.25, -0.2) is 4.98 Å². The first kappa shape index (κ1) is 13.7. The van der Waals surface area contributed by atoms with Gasteiger partial charge in [0.05, 0.1) is 21.3 Å². The van der Waals surface area contributed by atoms with Crippen molar-refractivity contribution in [1.29, 1.82) is 0 Å². The summed E-state index contributed by atoms with van der Waals surface area (Å²) < 4.78 is 1.24. The zero-order valence-corrected chi connectivity index (χ0v) is 12.9. The van der Waals surface area contributed by atoms with Crippen LogP contribution in [0.5, 0.6) is 0 Å². The molecule has 0 radical (unpaired) electrons. The molecule has 0 bridgehead atoms. The Kier molecular flexibility index (Phi) is 4.12. The number of nitrogens with zero attached hydrogens (tertiary/aromatic N) is 1. The van der Waals surface area contributed by atoms with Gasteiger partial charge in [-0.3, -0.25) is 11.3 Å². The molecule has 0 fully saturated rings. The molecule has 0 aliphatic heterocycles. The van der Waals surface area contributed by atoms with E-state index < -0.39 is 0 Å². The van der Waals surface area contributed by atoms with E-state index in [2.05, 4.69) is 42.0 Å². The van der Waals surface area contributed by atoms with Crippen molar-refractivity contribution >= 4 is 32.9 Å². The zero-order valence-electron chi connectivity index (χ0n) is 11.3. The van der Waals surface area contributed by atoms with Crippen LogP contribution in [-0.2, 0) is 12.8 Å². The van der Waals surface area contributed by atoms with Crippen LogP contribution in [0.25, 0.3) is 10.2 Å². The number of thiophene rings is 1. The third kappa shape index (κ3) is 2.62. The molecule has 1 aromatic carbocycles. The second-order valence-corrected chi connectivity index (χ2v) is 6.73. The Hall–Kier alpha value is -1.27. The maximum atomic E-state index is 5.76. The number of para-hydroxylation sites is 1. The Morgan fingerprint density at radius 1 is 1.30 bits per heavy atom. The van der Waals surface area contributed by atoms with Crippen molar-refractivity contribution in [2.75, 3.05) is 0 Å². The predicted octanol–water partition coefficient (Wildman–Crippen LogP) is 3.67. The highest BCUT2D eigenvalue weighted by atomic mass is 32.1. The molecule has 104 valence electrons. The van der Waals surface area contributed by atoms with E-state index in [-0.39, 0.29) is 6.04 Å². The number of benzene rings is 1. The number of fused-ring (bicyclic) bond motifs is 1. The normalized spacial score (nSPS) is 12.9. The van der Waals surface area contributed by atoms with Crippen molar-refractivity contribution in [3.8, 4) is 0 Å². The van der Waals surface area contributed by atoms with Crippen molar-refractivity contribution in [3.05, 3.63) is 51.2 Å². The van der Waals surface area contributed by atoms with Gasteiger partial charge in [-0.05, 0) is 35.6 Å². The number of aromatic nitrogens is 1. The third-order valence-corrected chi connectivity index (χ3v) is 5.53. The molecule has 1 unspecified atom stereocenters. The monoisotopic (exact) mass is 303 g/mol. The number of nitrogens with one attached hydrogen (secondary N) is 1. The average molecular weight is 303 g/mol. The highest BCUT2D eigenvalue weighted by Crippen LogP contribution is 2.30. The fourth-order valence-electron chi connectivity index (χ4n) is 2.35. The third-order valence-electron chi connectivity index (χ3n) is 3.40. The summed E-state index contributed by atoms with van der Waals surface area (Å²) in [7, 11) is 0. The van der Waals surface area contributed by atoms with Gasteiger partial charge in [-0.1, -0.05) is 19.1 Å². The van der Waals surface area contributed by atoms with Crippen LogP contribution in [-0.4, -0.2) is 4.98 Å². The fraction of sp³-hybridized carbons (Fsp3) is 0.267. The molecule has 20 heavy (non-hydrogen) atoms. The predicted molar refractivity (Wildman–Crippen MR) is 87.1 cm³/mol. The van der Waals surface area contributed by atoms with Crippen LogP contribution < -0.4 is 11.3 Å². The van der Waals surface area contributed by atoms with Crippen LogP contribution in [0.3, 0.4) is 0 Å². The Morgan fingerprint density at radius 3 is 2.90 bits per heavy atom. The fourth-order valence-corrected chi connectivity index (χ4v) is 4.43. The first-order valence-electron chi connectivity index (χ1n) is 6.68. The summed E-state index contributed by atoms with van der Waals surface area (Å²) in [5.41, 5.74) is 5.40. The highest BCUT2D eigenvalue weighted by molar-refractivity contribution is 7.18. The van der Waals surface area contributed by atoms with E-state index in [1.54, 1.807) is 22.7 Å². The Morgan fingerprint density at radius 2 is 2.15 bits per heavy atom. The number of aryl methyl sites for hydroxylation is 1. The molecule has 3 nitrogen and oxygen atoms in total. The largest absolute Gasteiger partial charge is 0.271 e. The Balaban J connectivity index is 1.87. The summed E-state index contributed by atoms with van der Waals surface area (Å²) >= 11 is 3.52. The zero-order chi connectivity index (χ0) is 13.9. The number of hydrogen-bond acceptors (Lipinski definition) is 5. The first-order valence-corrected chi connectivity index (χ1v) is 8.38. The molecular weight excluding hydrogens is 286 g/mol. The van der Waals surface area contributed by atoms with E-state index in [4.69, 9.17) is 10.8 Å². The van der Waals surface area contributed by atoms with Gasteiger partial charge >= 0.3 is 0 Å². The number of hydrogen-bond donors (Lipinski definition) is 2. The van der Waals surface area contributed by atoms with Crippen LogP contribution >= 0.6 is 22.7 Å². The maximum Gasteiger partial charge on any atom is 0.0958 e. The van der Waals surface area contributed by atoms with E-state index in [0.717, 1.165) is 23.4 Å². The van der Waals surface area contributed by atoms with Gasteiger partial charge in [0.15, 0.2) is 0 Å². The lowest BCUT2D eigenvalue weighted by Crippen LogP contribution is -2.29. The summed E-state index contributed by atoms with van der Waals surface area (Å²) in [5.74, 6) is 5.76. The molecule has 0 amide bonds. The van der Waals surface area contributed by atoms with E-state index >= 15 is 0 Å². The van der Waals surface area contributed by atoms with Gasteiger partial charge in [0.2, 0.25) is 0 Å². The summed E-state index contributed by atoms with van der Waals surface area (Å²) in [6.45, 7) is 2.18. The lowest BCUT2D eigenvalue weighted by molar-refractivity contribution is 0.556. The van der Waals surface area contributed by atoms with Crippen LogP contribution in [0.1, 0.15) is 28.4 Å². The molecule has 0 saturated carbocycles. The van der Waals surface area contributed by atoms with Gasteiger partial charge in [0, 0.05) is 11.3 Å². The van der Waals surface area contributed by atoms with Crippen LogP contribution in [0.15, 0.2) is 35.7 Å². The van der Waals surface area contributed by atoms with Gasteiger partial charge < -0.3 is 0 Å². The van der Waals surface area contributed by atoms with Crippen LogP contribution in [0, 0.1) is 0 Å². The van der Waals surface area contributed by atoms with Gasteiger partial charge in [-0.2, -0.15) is 0 Å². The molecule has 5 heteroatoms. The second kappa shape index (κ2) is 6.01. The number of nitrogens with two attached hydrogens (primary N) is 1. The summed E-state index contributed by atoms with van der Waals surface area (Å²) in [6, 6.07) is 10.6. The van der Waals surface area contributed by atoms with E-state index in [9.17, 15) is 0 Å². The minimum atomic E-state index is 0.144. The standard InChI is InChI=1S/C15H17N3S2/c1-2-10-7-8-19-15(10)12(18-16)9-14-17-11-5-3-4-6-13(11)20-14/h3-8,12,18H,2,9,16H2,1H3. The molecule has 2 heterocycles. The van der Waals surface area contributed by atoms with Crippen LogP contribution in [0.4, 0.5) is 0 Å². The second-order valence-electron chi connectivity index (χ2n) is 4.66. The van der Waals surface area contributed by atoms with Crippen molar-refractivity contribution < 1.29 is 0 Å².